The Hall–Kier alpha value is -7.16. The largest absolute Gasteiger partial charge is 0.456 e. The summed E-state index contributed by atoms with van der Waals surface area (Å²) in [5.74, 6) is 0. The summed E-state index contributed by atoms with van der Waals surface area (Å²) in [6.45, 7) is 0. The van der Waals surface area contributed by atoms with Gasteiger partial charge in [-0.3, -0.25) is 0 Å². The van der Waals surface area contributed by atoms with Gasteiger partial charge in [-0.2, -0.15) is 0 Å². The molecule has 10 aromatic carbocycles. The van der Waals surface area contributed by atoms with Gasteiger partial charge in [0, 0.05) is 21.5 Å². The molecule has 0 atom stereocenters. The van der Waals surface area contributed by atoms with E-state index >= 15 is 0 Å². The van der Waals surface area contributed by atoms with Crippen molar-refractivity contribution in [3.05, 3.63) is 182 Å². The smallest absolute Gasteiger partial charge is 0.136 e. The van der Waals surface area contributed by atoms with Gasteiger partial charge in [-0.1, -0.05) is 146 Å². The summed E-state index contributed by atoms with van der Waals surface area (Å²) < 4.78 is 12.8. The van der Waals surface area contributed by atoms with Gasteiger partial charge in [0.1, 0.15) is 22.3 Å². The van der Waals surface area contributed by atoms with Gasteiger partial charge in [0.15, 0.2) is 0 Å². The average molecular weight is 687 g/mol. The highest BCUT2D eigenvalue weighted by atomic mass is 16.3. The summed E-state index contributed by atoms with van der Waals surface area (Å²) in [7, 11) is 0. The van der Waals surface area contributed by atoms with Crippen LogP contribution in [0.25, 0.3) is 120 Å². The van der Waals surface area contributed by atoms with E-state index in [-0.39, 0.29) is 0 Å². The van der Waals surface area contributed by atoms with Crippen LogP contribution in [0.2, 0.25) is 0 Å². The molecule has 2 aromatic heterocycles. The van der Waals surface area contributed by atoms with Crippen LogP contribution in [0, 0.1) is 0 Å². The lowest BCUT2D eigenvalue weighted by Gasteiger charge is -2.18. The lowest BCUT2D eigenvalue weighted by molar-refractivity contribution is 0.669. The molecule has 0 radical (unpaired) electrons. The number of hydrogen-bond acceptors (Lipinski definition) is 2. The molecule has 0 saturated carbocycles. The Morgan fingerprint density at radius 3 is 1.46 bits per heavy atom. The minimum Gasteiger partial charge on any atom is -0.456 e. The number of hydrogen-bond donors (Lipinski definition) is 0. The van der Waals surface area contributed by atoms with Crippen LogP contribution in [0.3, 0.4) is 0 Å². The fraction of sp³-hybridized carbons (Fsp3) is 0. The van der Waals surface area contributed by atoms with Gasteiger partial charge in [-0.15, -0.1) is 0 Å². The molecule has 0 unspecified atom stereocenters. The van der Waals surface area contributed by atoms with Crippen LogP contribution in [0.1, 0.15) is 0 Å². The molecule has 0 aliphatic heterocycles. The summed E-state index contributed by atoms with van der Waals surface area (Å²) in [5, 5.41) is 14.4. The van der Waals surface area contributed by atoms with Gasteiger partial charge in [0.05, 0.1) is 0 Å². The fourth-order valence-corrected chi connectivity index (χ4v) is 9.01. The normalized spacial score (nSPS) is 12.1. The van der Waals surface area contributed by atoms with Crippen LogP contribution >= 0.6 is 0 Å². The molecule has 54 heavy (non-hydrogen) atoms. The molecule has 0 aliphatic carbocycles. The third-order valence-electron chi connectivity index (χ3n) is 11.4. The van der Waals surface area contributed by atoms with Crippen LogP contribution in [0.15, 0.2) is 191 Å². The molecule has 0 bridgehead atoms. The molecule has 12 rings (SSSR count). The topological polar surface area (TPSA) is 26.3 Å². The van der Waals surface area contributed by atoms with E-state index < -0.39 is 0 Å². The molecule has 12 aromatic rings. The van der Waals surface area contributed by atoms with Crippen molar-refractivity contribution in [3.63, 3.8) is 0 Å². The Bertz CT molecular complexity index is 3430. The number of para-hydroxylation sites is 1. The first kappa shape index (κ1) is 29.4. The van der Waals surface area contributed by atoms with Gasteiger partial charge in [0.2, 0.25) is 0 Å². The van der Waals surface area contributed by atoms with Crippen molar-refractivity contribution in [2.75, 3.05) is 0 Å². The maximum absolute atomic E-state index is 6.60. The minimum atomic E-state index is 0.908. The third-order valence-corrected chi connectivity index (χ3v) is 11.4. The van der Waals surface area contributed by atoms with Crippen molar-refractivity contribution in [2.45, 2.75) is 0 Å². The van der Waals surface area contributed by atoms with Gasteiger partial charge >= 0.3 is 0 Å². The number of benzene rings is 10. The van der Waals surface area contributed by atoms with Crippen LogP contribution < -0.4 is 0 Å². The van der Waals surface area contributed by atoms with E-state index in [9.17, 15) is 0 Å². The van der Waals surface area contributed by atoms with Gasteiger partial charge in [-0.25, -0.2) is 0 Å². The standard InChI is InChI=1S/C52H30O2/c1-2-12-34-29-48-45(27-33(34)11-1)52-38-15-4-3-13-36(38)43(30-49(52)54-48)31-21-23-32(24-22-31)50-39-16-5-7-18-41(39)51(42-19-8-6-17-40(42)50)35-25-26-47-44(28-35)37-14-9-10-20-46(37)53-47/h1-30H. The quantitative estimate of drug-likeness (QED) is 0.173. The van der Waals surface area contributed by atoms with E-state index in [1.54, 1.807) is 0 Å². The molecule has 0 spiro atoms. The zero-order chi connectivity index (χ0) is 35.3. The van der Waals surface area contributed by atoms with E-state index in [4.69, 9.17) is 8.83 Å². The molecule has 0 N–H and O–H groups in total. The highest BCUT2D eigenvalue weighted by Gasteiger charge is 2.19. The summed E-state index contributed by atoms with van der Waals surface area (Å²) in [6, 6.07) is 65.7. The summed E-state index contributed by atoms with van der Waals surface area (Å²) in [4.78, 5) is 0. The molecule has 250 valence electrons. The Labute approximate surface area is 310 Å². The maximum atomic E-state index is 6.60. The highest BCUT2D eigenvalue weighted by molar-refractivity contribution is 6.24. The highest BCUT2D eigenvalue weighted by Crippen LogP contribution is 2.46. The van der Waals surface area contributed by atoms with Gasteiger partial charge in [-0.05, 0) is 113 Å². The van der Waals surface area contributed by atoms with Crippen LogP contribution in [-0.2, 0) is 0 Å². The van der Waals surface area contributed by atoms with Crippen molar-refractivity contribution in [2.24, 2.45) is 0 Å². The predicted molar refractivity (Wildman–Crippen MR) is 227 cm³/mol. The lowest BCUT2D eigenvalue weighted by atomic mass is 9.85. The second kappa shape index (κ2) is 11.2. The molecular formula is C52H30O2. The molecule has 2 heteroatoms. The van der Waals surface area contributed by atoms with Gasteiger partial charge in [0.25, 0.3) is 0 Å². The van der Waals surface area contributed by atoms with E-state index in [1.165, 1.54) is 76.3 Å². The zero-order valence-electron chi connectivity index (χ0n) is 29.1. The minimum absolute atomic E-state index is 0.908. The lowest BCUT2D eigenvalue weighted by Crippen LogP contribution is -1.91. The van der Waals surface area contributed by atoms with E-state index in [0.29, 0.717) is 0 Å². The summed E-state index contributed by atoms with van der Waals surface area (Å²) in [6.07, 6.45) is 0. The predicted octanol–water partition coefficient (Wildman–Crippen LogP) is 15.1. The van der Waals surface area contributed by atoms with Gasteiger partial charge < -0.3 is 8.83 Å². The molecule has 0 amide bonds. The molecule has 2 nitrogen and oxygen atoms in total. The van der Waals surface area contributed by atoms with Crippen molar-refractivity contribution >= 4 is 87.0 Å². The monoisotopic (exact) mass is 686 g/mol. The second-order valence-electron chi connectivity index (χ2n) is 14.4. The van der Waals surface area contributed by atoms with Crippen molar-refractivity contribution in [1.29, 1.82) is 0 Å². The van der Waals surface area contributed by atoms with Crippen molar-refractivity contribution in [1.82, 2.24) is 0 Å². The van der Waals surface area contributed by atoms with E-state index in [0.717, 1.165) is 44.1 Å². The first-order valence-corrected chi connectivity index (χ1v) is 18.5. The molecule has 2 heterocycles. The molecule has 0 fully saturated rings. The SMILES string of the molecule is c1ccc2cc3c(cc2c1)oc1cc(-c2ccc(-c4c5ccccc5c(-c5ccc6oc7ccccc7c6c5)c5ccccc45)cc2)c2ccccc2c13. The first-order chi connectivity index (χ1) is 26.8. The van der Waals surface area contributed by atoms with Crippen LogP contribution in [0.4, 0.5) is 0 Å². The maximum Gasteiger partial charge on any atom is 0.136 e. The average Bonchev–Trinajstić information content (AvgIpc) is 3.79. The zero-order valence-corrected chi connectivity index (χ0v) is 29.1. The summed E-state index contributed by atoms with van der Waals surface area (Å²) in [5.41, 5.74) is 10.8. The van der Waals surface area contributed by atoms with E-state index in [2.05, 4.69) is 170 Å². The number of rotatable bonds is 3. The first-order valence-electron chi connectivity index (χ1n) is 18.5. The second-order valence-corrected chi connectivity index (χ2v) is 14.4. The molecule has 0 aliphatic rings. The third kappa shape index (κ3) is 4.22. The van der Waals surface area contributed by atoms with Crippen LogP contribution in [0.5, 0.6) is 0 Å². The Balaban J connectivity index is 1.04. The van der Waals surface area contributed by atoms with Crippen molar-refractivity contribution < 1.29 is 8.83 Å². The Morgan fingerprint density at radius 1 is 0.259 bits per heavy atom. The Morgan fingerprint density at radius 2 is 0.759 bits per heavy atom. The molecule has 0 saturated heterocycles. The number of fused-ring (bicyclic) bond motifs is 11. The van der Waals surface area contributed by atoms with Crippen LogP contribution in [-0.4, -0.2) is 0 Å². The Kier molecular flexibility index (Phi) is 6.09. The summed E-state index contributed by atoms with van der Waals surface area (Å²) >= 11 is 0. The molecular weight excluding hydrogens is 657 g/mol. The van der Waals surface area contributed by atoms with Crippen molar-refractivity contribution in [3.8, 4) is 33.4 Å². The fourth-order valence-electron chi connectivity index (χ4n) is 9.01. The number of furan rings is 2. The van der Waals surface area contributed by atoms with E-state index in [1.807, 2.05) is 12.1 Å².